The Morgan fingerprint density at radius 2 is 0.857 bits per heavy atom. The fourth-order valence-electron chi connectivity index (χ4n) is 5.74. The van der Waals surface area contributed by atoms with Gasteiger partial charge >= 0.3 is 12.4 Å². The van der Waals surface area contributed by atoms with Crippen molar-refractivity contribution in [1.82, 2.24) is 14.9 Å². The molecule has 0 fully saturated rings. The SMILES string of the molecule is COc1cc(-c2ccc(N(C)CCCN(C)CCCN(C)c3ccc(-c4cc(OC)c(OCC(F)(F)F)c(OC)c4)nc3)cn2)cc(OC)c1OCC(F)(F)F. The fraction of sp³-hybridized carbons (Fsp3) is 0.436. The number of hydrogen-bond acceptors (Lipinski definition) is 11. The Kier molecular flexibility index (Phi) is 15.1. The van der Waals surface area contributed by atoms with Crippen molar-refractivity contribution in [3.63, 3.8) is 0 Å². The van der Waals surface area contributed by atoms with Gasteiger partial charge in [0.2, 0.25) is 11.5 Å². The van der Waals surface area contributed by atoms with Gasteiger partial charge in [-0.3, -0.25) is 9.97 Å². The molecule has 0 radical (unpaired) electrons. The molecule has 0 aliphatic rings. The molecule has 0 unspecified atom stereocenters. The molecule has 0 aliphatic carbocycles. The minimum absolute atomic E-state index is 0.0994. The Bertz CT molecular complexity index is 1660. The van der Waals surface area contributed by atoms with E-state index in [0.29, 0.717) is 22.5 Å². The lowest BCUT2D eigenvalue weighted by Gasteiger charge is -2.23. The summed E-state index contributed by atoms with van der Waals surface area (Å²) in [7, 11) is 11.4. The smallest absolute Gasteiger partial charge is 0.422 e. The first-order chi connectivity index (χ1) is 26.5. The van der Waals surface area contributed by atoms with Crippen LogP contribution >= 0.6 is 0 Å². The molecule has 2 aromatic carbocycles. The molecule has 0 aliphatic heterocycles. The number of pyridine rings is 2. The number of aromatic nitrogens is 2. The van der Waals surface area contributed by atoms with E-state index < -0.39 is 25.6 Å². The summed E-state index contributed by atoms with van der Waals surface area (Å²) in [5, 5.41) is 0. The van der Waals surface area contributed by atoms with E-state index in [4.69, 9.17) is 28.4 Å². The van der Waals surface area contributed by atoms with Crippen molar-refractivity contribution in [2.75, 3.05) is 98.8 Å². The Morgan fingerprint density at radius 3 is 1.12 bits per heavy atom. The number of methoxy groups -OCH3 is 4. The number of ether oxygens (including phenoxy) is 6. The highest BCUT2D eigenvalue weighted by atomic mass is 19.4. The van der Waals surface area contributed by atoms with Gasteiger partial charge in [-0.2, -0.15) is 26.3 Å². The number of halogens is 6. The third-order valence-electron chi connectivity index (χ3n) is 8.72. The molecule has 2 heterocycles. The molecule has 0 atom stereocenters. The van der Waals surface area contributed by atoms with Gasteiger partial charge in [-0.15, -0.1) is 0 Å². The molecule has 0 N–H and O–H groups in total. The molecule has 0 saturated carbocycles. The van der Waals surface area contributed by atoms with Crippen LogP contribution < -0.4 is 38.2 Å². The van der Waals surface area contributed by atoms with Crippen molar-refractivity contribution >= 4 is 11.4 Å². The highest BCUT2D eigenvalue weighted by Crippen LogP contribution is 2.43. The maximum Gasteiger partial charge on any atom is 0.422 e. The van der Waals surface area contributed by atoms with Crippen LogP contribution in [0.5, 0.6) is 34.5 Å². The van der Waals surface area contributed by atoms with Crippen molar-refractivity contribution in [3.8, 4) is 57.0 Å². The van der Waals surface area contributed by atoms with Crippen LogP contribution in [-0.2, 0) is 0 Å². The standard InChI is InChI=1S/C39H47F6N5O6/c1-48(14-8-16-49(2)28-10-12-30(46-22-28)26-18-32(51-4)36(33(19-26)52-5)55-24-38(40,41)42)15-9-17-50(3)29-11-13-31(47-23-29)27-20-34(53-6)37(35(21-27)54-7)56-25-39(43,44)45/h10-13,18-23H,8-9,14-17,24-25H2,1-7H3. The first kappa shape index (κ1) is 43.4. The minimum Gasteiger partial charge on any atom is -0.493 e. The van der Waals surface area contributed by atoms with Crippen molar-refractivity contribution in [3.05, 3.63) is 60.9 Å². The third kappa shape index (κ3) is 12.3. The number of anilines is 2. The zero-order valence-electron chi connectivity index (χ0n) is 32.4. The number of benzene rings is 2. The quantitative estimate of drug-likeness (QED) is 0.0816. The molecular formula is C39H47F6N5O6. The molecule has 0 saturated heterocycles. The molecule has 11 nitrogen and oxygen atoms in total. The fourth-order valence-corrected chi connectivity index (χ4v) is 5.74. The van der Waals surface area contributed by atoms with E-state index in [0.717, 1.165) is 50.4 Å². The summed E-state index contributed by atoms with van der Waals surface area (Å²) in [6, 6.07) is 13.8. The zero-order chi connectivity index (χ0) is 41.0. The Balaban J connectivity index is 1.24. The molecule has 306 valence electrons. The van der Waals surface area contributed by atoms with Crippen LogP contribution in [0.1, 0.15) is 12.8 Å². The number of alkyl halides is 6. The summed E-state index contributed by atoms with van der Waals surface area (Å²) >= 11 is 0. The molecular weight excluding hydrogens is 748 g/mol. The van der Waals surface area contributed by atoms with Crippen molar-refractivity contribution in [2.24, 2.45) is 0 Å². The second-order valence-corrected chi connectivity index (χ2v) is 12.9. The predicted octanol–water partition coefficient (Wildman–Crippen LogP) is 8.01. The van der Waals surface area contributed by atoms with Gasteiger partial charge in [0.1, 0.15) is 0 Å². The average Bonchev–Trinajstić information content (AvgIpc) is 3.17. The van der Waals surface area contributed by atoms with Gasteiger partial charge in [0.25, 0.3) is 0 Å². The van der Waals surface area contributed by atoms with E-state index in [1.807, 2.05) is 38.4 Å². The van der Waals surface area contributed by atoms with Gasteiger partial charge in [0.15, 0.2) is 36.2 Å². The Labute approximate surface area is 322 Å². The van der Waals surface area contributed by atoms with E-state index >= 15 is 0 Å². The number of rotatable bonds is 20. The summed E-state index contributed by atoms with van der Waals surface area (Å²) in [4.78, 5) is 15.6. The summed E-state index contributed by atoms with van der Waals surface area (Å²) in [5.41, 5.74) is 4.19. The molecule has 4 rings (SSSR count). The van der Waals surface area contributed by atoms with Crippen LogP contribution in [0.2, 0.25) is 0 Å². The van der Waals surface area contributed by atoms with Crippen LogP contribution in [0, 0.1) is 0 Å². The molecule has 0 amide bonds. The van der Waals surface area contributed by atoms with Gasteiger partial charge in [-0.25, -0.2) is 0 Å². The van der Waals surface area contributed by atoms with E-state index in [2.05, 4.69) is 31.7 Å². The molecule has 2 aromatic heterocycles. The van der Waals surface area contributed by atoms with Crippen LogP contribution in [0.4, 0.5) is 37.7 Å². The molecule has 4 aromatic rings. The maximum atomic E-state index is 12.8. The van der Waals surface area contributed by atoms with Crippen molar-refractivity contribution < 1.29 is 54.8 Å². The first-order valence-corrected chi connectivity index (χ1v) is 17.5. The van der Waals surface area contributed by atoms with Crippen LogP contribution in [0.3, 0.4) is 0 Å². The monoisotopic (exact) mass is 795 g/mol. The molecule has 17 heteroatoms. The minimum atomic E-state index is -4.52. The molecule has 0 spiro atoms. The van der Waals surface area contributed by atoms with Crippen molar-refractivity contribution in [1.29, 1.82) is 0 Å². The van der Waals surface area contributed by atoms with Gasteiger partial charge in [-0.05, 0) is 81.5 Å². The lowest BCUT2D eigenvalue weighted by atomic mass is 10.1. The summed E-state index contributed by atoms with van der Waals surface area (Å²) in [6.07, 6.45) is -3.73. The lowest BCUT2D eigenvalue weighted by Crippen LogP contribution is -2.28. The first-order valence-electron chi connectivity index (χ1n) is 17.5. The molecule has 56 heavy (non-hydrogen) atoms. The second kappa shape index (κ2) is 19.5. The van der Waals surface area contributed by atoms with E-state index in [9.17, 15) is 26.3 Å². The second-order valence-electron chi connectivity index (χ2n) is 12.9. The predicted molar refractivity (Wildman–Crippen MR) is 202 cm³/mol. The third-order valence-corrected chi connectivity index (χ3v) is 8.72. The average molecular weight is 796 g/mol. The topological polar surface area (TPSA) is 90.9 Å². The highest BCUT2D eigenvalue weighted by Gasteiger charge is 2.31. The Hall–Kier alpha value is -5.32. The van der Waals surface area contributed by atoms with E-state index in [1.165, 1.54) is 28.4 Å². The van der Waals surface area contributed by atoms with Crippen LogP contribution in [0.15, 0.2) is 60.9 Å². The number of hydrogen-bond donors (Lipinski definition) is 0. The summed E-state index contributed by atoms with van der Waals surface area (Å²) < 4.78 is 108. The van der Waals surface area contributed by atoms with E-state index in [1.54, 1.807) is 36.7 Å². The van der Waals surface area contributed by atoms with Gasteiger partial charge in [0.05, 0.1) is 63.6 Å². The number of nitrogens with zero attached hydrogens (tertiary/aromatic N) is 5. The summed E-state index contributed by atoms with van der Waals surface area (Å²) in [6.45, 7) is 0.382. The van der Waals surface area contributed by atoms with Crippen LogP contribution in [0.25, 0.3) is 22.5 Å². The van der Waals surface area contributed by atoms with E-state index in [-0.39, 0.29) is 34.5 Å². The van der Waals surface area contributed by atoms with Gasteiger partial charge < -0.3 is 43.1 Å². The Morgan fingerprint density at radius 1 is 0.518 bits per heavy atom. The van der Waals surface area contributed by atoms with Crippen LogP contribution in [-0.4, -0.2) is 116 Å². The van der Waals surface area contributed by atoms with Gasteiger partial charge in [-0.1, -0.05) is 0 Å². The van der Waals surface area contributed by atoms with Gasteiger partial charge in [0, 0.05) is 38.3 Å². The van der Waals surface area contributed by atoms with Crippen molar-refractivity contribution in [2.45, 2.75) is 25.2 Å². The molecule has 0 bridgehead atoms. The normalized spacial score (nSPS) is 11.7. The maximum absolute atomic E-state index is 12.8. The summed E-state index contributed by atoms with van der Waals surface area (Å²) in [5.74, 6) is 0.126. The zero-order valence-corrected chi connectivity index (χ0v) is 32.4. The largest absolute Gasteiger partial charge is 0.493 e. The lowest BCUT2D eigenvalue weighted by molar-refractivity contribution is -0.154. The highest BCUT2D eigenvalue weighted by molar-refractivity contribution is 5.70.